The molecule has 0 aliphatic carbocycles. The van der Waals surface area contributed by atoms with Gasteiger partial charge in [0.1, 0.15) is 5.75 Å². The SMILES string of the molecule is COc1ccc2c(c1)NC(=O)/C2=C/c1ccccc1-c1ccccc1. The van der Waals surface area contributed by atoms with Crippen molar-refractivity contribution in [1.29, 1.82) is 0 Å². The minimum absolute atomic E-state index is 0.0916. The summed E-state index contributed by atoms with van der Waals surface area (Å²) in [5.41, 5.74) is 5.60. The van der Waals surface area contributed by atoms with Gasteiger partial charge in [-0.3, -0.25) is 4.79 Å². The Kier molecular flexibility index (Phi) is 3.82. The summed E-state index contributed by atoms with van der Waals surface area (Å²) in [5, 5.41) is 2.91. The Morgan fingerprint density at radius 1 is 0.880 bits per heavy atom. The lowest BCUT2D eigenvalue weighted by Gasteiger charge is -2.07. The minimum atomic E-state index is -0.0916. The van der Waals surface area contributed by atoms with Crippen LogP contribution in [0.25, 0.3) is 22.8 Å². The van der Waals surface area contributed by atoms with Gasteiger partial charge in [-0.25, -0.2) is 0 Å². The van der Waals surface area contributed by atoms with E-state index in [1.54, 1.807) is 7.11 Å². The molecule has 3 aromatic carbocycles. The maximum atomic E-state index is 12.5. The first-order valence-corrected chi connectivity index (χ1v) is 8.12. The van der Waals surface area contributed by atoms with Gasteiger partial charge < -0.3 is 10.1 Å². The number of hydrogen-bond acceptors (Lipinski definition) is 2. The second kappa shape index (κ2) is 6.29. The standard InChI is InChI=1S/C22H17NO2/c1-25-17-11-12-19-20(22(24)23-21(19)14-17)13-16-9-5-6-10-18(16)15-7-3-2-4-8-15/h2-14H,1H3,(H,23,24)/b20-13+. The van der Waals surface area contributed by atoms with Crippen LogP contribution in [0.5, 0.6) is 5.75 Å². The molecule has 25 heavy (non-hydrogen) atoms. The summed E-state index contributed by atoms with van der Waals surface area (Å²) in [4.78, 5) is 12.5. The van der Waals surface area contributed by atoms with Gasteiger partial charge in [0.15, 0.2) is 0 Å². The number of carbonyl (C=O) groups is 1. The summed E-state index contributed by atoms with van der Waals surface area (Å²) in [6.07, 6.45) is 1.95. The number of ether oxygens (including phenoxy) is 1. The van der Waals surface area contributed by atoms with Crippen LogP contribution in [0.4, 0.5) is 5.69 Å². The molecule has 1 N–H and O–H groups in total. The zero-order valence-corrected chi connectivity index (χ0v) is 13.8. The first kappa shape index (κ1) is 15.2. The highest BCUT2D eigenvalue weighted by Gasteiger charge is 2.24. The number of amides is 1. The molecular formula is C22H17NO2. The monoisotopic (exact) mass is 327 g/mol. The molecule has 0 atom stereocenters. The van der Waals surface area contributed by atoms with Crippen molar-refractivity contribution in [3.05, 3.63) is 83.9 Å². The maximum Gasteiger partial charge on any atom is 0.256 e. The van der Waals surface area contributed by atoms with Crippen molar-refractivity contribution in [2.24, 2.45) is 0 Å². The number of carbonyl (C=O) groups excluding carboxylic acids is 1. The van der Waals surface area contributed by atoms with E-state index in [4.69, 9.17) is 4.74 Å². The maximum absolute atomic E-state index is 12.5. The van der Waals surface area contributed by atoms with Gasteiger partial charge in [0.05, 0.1) is 12.8 Å². The van der Waals surface area contributed by atoms with E-state index in [0.29, 0.717) is 5.57 Å². The molecule has 1 aliphatic heterocycles. The van der Waals surface area contributed by atoms with Crippen LogP contribution in [0.2, 0.25) is 0 Å². The highest BCUT2D eigenvalue weighted by molar-refractivity contribution is 6.35. The molecule has 0 aromatic heterocycles. The molecule has 0 bridgehead atoms. The highest BCUT2D eigenvalue weighted by atomic mass is 16.5. The van der Waals surface area contributed by atoms with Crippen LogP contribution < -0.4 is 10.1 Å². The van der Waals surface area contributed by atoms with Crippen molar-refractivity contribution in [3.63, 3.8) is 0 Å². The highest BCUT2D eigenvalue weighted by Crippen LogP contribution is 2.36. The van der Waals surface area contributed by atoms with Crippen molar-refractivity contribution < 1.29 is 9.53 Å². The summed E-state index contributed by atoms with van der Waals surface area (Å²) in [6.45, 7) is 0. The number of hydrogen-bond donors (Lipinski definition) is 1. The Morgan fingerprint density at radius 2 is 1.64 bits per heavy atom. The zero-order valence-electron chi connectivity index (χ0n) is 13.8. The molecule has 0 saturated heterocycles. The van der Waals surface area contributed by atoms with E-state index in [-0.39, 0.29) is 5.91 Å². The number of anilines is 1. The van der Waals surface area contributed by atoms with Crippen LogP contribution in [0.15, 0.2) is 72.8 Å². The number of rotatable bonds is 3. The van der Waals surface area contributed by atoms with E-state index in [9.17, 15) is 4.79 Å². The largest absolute Gasteiger partial charge is 0.497 e. The normalized spacial score (nSPS) is 14.3. The lowest BCUT2D eigenvalue weighted by atomic mass is 9.96. The molecule has 0 unspecified atom stereocenters. The van der Waals surface area contributed by atoms with Crippen LogP contribution >= 0.6 is 0 Å². The number of nitrogens with one attached hydrogen (secondary N) is 1. The van der Waals surface area contributed by atoms with E-state index in [2.05, 4.69) is 23.5 Å². The third kappa shape index (κ3) is 2.81. The van der Waals surface area contributed by atoms with Crippen LogP contribution in [0, 0.1) is 0 Å². The fourth-order valence-electron chi connectivity index (χ4n) is 3.10. The molecule has 3 aromatic rings. The van der Waals surface area contributed by atoms with Crippen LogP contribution in [0.3, 0.4) is 0 Å². The van der Waals surface area contributed by atoms with Gasteiger partial charge in [0, 0.05) is 17.2 Å². The molecule has 0 saturated carbocycles. The minimum Gasteiger partial charge on any atom is -0.497 e. The summed E-state index contributed by atoms with van der Waals surface area (Å²) in [7, 11) is 1.62. The summed E-state index contributed by atoms with van der Waals surface area (Å²) < 4.78 is 5.23. The van der Waals surface area contributed by atoms with Crippen LogP contribution in [0.1, 0.15) is 11.1 Å². The summed E-state index contributed by atoms with van der Waals surface area (Å²) >= 11 is 0. The van der Waals surface area contributed by atoms with Crippen molar-refractivity contribution in [2.45, 2.75) is 0 Å². The number of benzene rings is 3. The second-order valence-electron chi connectivity index (χ2n) is 5.88. The Balaban J connectivity index is 1.82. The quantitative estimate of drug-likeness (QED) is 0.698. The third-order valence-corrected chi connectivity index (χ3v) is 4.36. The molecule has 1 heterocycles. The van der Waals surface area contributed by atoms with Gasteiger partial charge >= 0.3 is 0 Å². The smallest absolute Gasteiger partial charge is 0.256 e. The van der Waals surface area contributed by atoms with E-state index in [0.717, 1.165) is 33.7 Å². The number of fused-ring (bicyclic) bond motifs is 1. The van der Waals surface area contributed by atoms with Crippen molar-refractivity contribution in [2.75, 3.05) is 12.4 Å². The molecule has 3 heteroatoms. The van der Waals surface area contributed by atoms with Crippen LogP contribution in [-0.2, 0) is 4.79 Å². The summed E-state index contributed by atoms with van der Waals surface area (Å²) in [6, 6.07) is 23.9. The van der Waals surface area contributed by atoms with Gasteiger partial charge in [0.25, 0.3) is 5.91 Å². The fraction of sp³-hybridized carbons (Fsp3) is 0.0455. The molecule has 1 amide bonds. The Labute approximate surface area is 146 Å². The predicted octanol–water partition coefficient (Wildman–Crippen LogP) is 4.85. The molecule has 0 radical (unpaired) electrons. The summed E-state index contributed by atoms with van der Waals surface area (Å²) in [5.74, 6) is 0.635. The Morgan fingerprint density at radius 3 is 2.44 bits per heavy atom. The van der Waals surface area contributed by atoms with Crippen molar-refractivity contribution in [1.82, 2.24) is 0 Å². The fourth-order valence-corrected chi connectivity index (χ4v) is 3.10. The van der Waals surface area contributed by atoms with Gasteiger partial charge in [-0.05, 0) is 34.9 Å². The first-order valence-electron chi connectivity index (χ1n) is 8.12. The first-order chi connectivity index (χ1) is 12.3. The van der Waals surface area contributed by atoms with E-state index >= 15 is 0 Å². The van der Waals surface area contributed by atoms with E-state index in [1.165, 1.54) is 0 Å². The average molecular weight is 327 g/mol. The molecule has 0 spiro atoms. The van der Waals surface area contributed by atoms with Gasteiger partial charge in [0.2, 0.25) is 0 Å². The Bertz CT molecular complexity index is 974. The molecule has 0 fully saturated rings. The lowest BCUT2D eigenvalue weighted by Crippen LogP contribution is -2.03. The van der Waals surface area contributed by atoms with E-state index < -0.39 is 0 Å². The topological polar surface area (TPSA) is 38.3 Å². The van der Waals surface area contributed by atoms with Crippen molar-refractivity contribution in [3.8, 4) is 16.9 Å². The molecule has 3 nitrogen and oxygen atoms in total. The van der Waals surface area contributed by atoms with Crippen molar-refractivity contribution >= 4 is 23.2 Å². The van der Waals surface area contributed by atoms with Gasteiger partial charge in [-0.1, -0.05) is 54.6 Å². The van der Waals surface area contributed by atoms with Crippen LogP contribution in [-0.4, -0.2) is 13.0 Å². The molecule has 1 aliphatic rings. The second-order valence-corrected chi connectivity index (χ2v) is 5.88. The average Bonchev–Trinajstić information content (AvgIpc) is 2.97. The molecule has 122 valence electrons. The molecular weight excluding hydrogens is 310 g/mol. The zero-order chi connectivity index (χ0) is 17.2. The Hall–Kier alpha value is -3.33. The third-order valence-electron chi connectivity index (χ3n) is 4.36. The number of methoxy groups -OCH3 is 1. The predicted molar refractivity (Wildman–Crippen MR) is 101 cm³/mol. The van der Waals surface area contributed by atoms with Gasteiger partial charge in [-0.2, -0.15) is 0 Å². The molecule has 4 rings (SSSR count). The van der Waals surface area contributed by atoms with E-state index in [1.807, 2.05) is 60.7 Å². The lowest BCUT2D eigenvalue weighted by molar-refractivity contribution is -0.110. The van der Waals surface area contributed by atoms with Gasteiger partial charge in [-0.15, -0.1) is 0 Å².